The molecule has 0 N–H and O–H groups in total. The number of rotatable bonds is 3. The van der Waals surface area contributed by atoms with Gasteiger partial charge >= 0.3 is 0 Å². The molecule has 0 spiro atoms. The van der Waals surface area contributed by atoms with Crippen molar-refractivity contribution in [1.82, 2.24) is 0 Å². The zero-order valence-corrected chi connectivity index (χ0v) is 9.66. The highest BCUT2D eigenvalue weighted by Gasteiger charge is 2.22. The first-order chi connectivity index (χ1) is 6.27. The Labute approximate surface area is 90.3 Å². The summed E-state index contributed by atoms with van der Waals surface area (Å²) in [5, 5.41) is 3.90. The number of carbonyl (C=O) groups excluding carboxylic acids is 1. The highest BCUT2D eigenvalue weighted by molar-refractivity contribution is 9.10. The van der Waals surface area contributed by atoms with Crippen molar-refractivity contribution in [1.29, 1.82) is 0 Å². The minimum absolute atomic E-state index is 0.304. The molecule has 0 amide bonds. The van der Waals surface area contributed by atoms with E-state index in [1.807, 2.05) is 10.8 Å². The van der Waals surface area contributed by atoms with Crippen molar-refractivity contribution in [2.75, 3.05) is 0 Å². The predicted octanol–water partition coefficient (Wildman–Crippen LogP) is 3.88. The Morgan fingerprint density at radius 2 is 2.31 bits per heavy atom. The van der Waals surface area contributed by atoms with Gasteiger partial charge in [0.25, 0.3) is 0 Å². The Balaban J connectivity index is 2.00. The molecule has 13 heavy (non-hydrogen) atoms. The Kier molecular flexibility index (Phi) is 2.84. The van der Waals surface area contributed by atoms with Crippen LogP contribution < -0.4 is 0 Å². The Morgan fingerprint density at radius 1 is 1.54 bits per heavy atom. The van der Waals surface area contributed by atoms with Gasteiger partial charge in [0.2, 0.25) is 0 Å². The Bertz CT molecular complexity index is 314. The Hall–Kier alpha value is -0.150. The van der Waals surface area contributed by atoms with Crippen LogP contribution in [0.5, 0.6) is 0 Å². The SMILES string of the molecule is O=C(CC1CCC1)c1cscc1Br. The van der Waals surface area contributed by atoms with E-state index >= 15 is 0 Å². The lowest BCUT2D eigenvalue weighted by Gasteiger charge is -2.24. The first kappa shape index (κ1) is 9.41. The summed E-state index contributed by atoms with van der Waals surface area (Å²) >= 11 is 4.97. The molecule has 1 heterocycles. The molecule has 1 nitrogen and oxygen atoms in total. The number of ketones is 1. The van der Waals surface area contributed by atoms with Gasteiger partial charge in [-0.2, -0.15) is 11.3 Å². The van der Waals surface area contributed by atoms with Crippen LogP contribution in [0.2, 0.25) is 0 Å². The maximum Gasteiger partial charge on any atom is 0.165 e. The van der Waals surface area contributed by atoms with E-state index in [0.717, 1.165) is 16.5 Å². The minimum Gasteiger partial charge on any atom is -0.294 e. The quantitative estimate of drug-likeness (QED) is 0.753. The molecule has 0 aliphatic heterocycles. The standard InChI is InChI=1S/C10H11BrOS/c11-9-6-13-5-8(9)10(12)4-7-2-1-3-7/h5-7H,1-4H2. The van der Waals surface area contributed by atoms with Gasteiger partial charge < -0.3 is 0 Å². The molecule has 3 heteroatoms. The van der Waals surface area contributed by atoms with Crippen LogP contribution in [0.3, 0.4) is 0 Å². The zero-order valence-electron chi connectivity index (χ0n) is 7.25. The second-order valence-electron chi connectivity index (χ2n) is 3.56. The number of carbonyl (C=O) groups is 1. The third kappa shape index (κ3) is 2.02. The summed E-state index contributed by atoms with van der Waals surface area (Å²) in [5.41, 5.74) is 0.872. The van der Waals surface area contributed by atoms with Crippen LogP contribution in [-0.4, -0.2) is 5.78 Å². The van der Waals surface area contributed by atoms with Crippen molar-refractivity contribution >= 4 is 33.0 Å². The molecule has 2 rings (SSSR count). The van der Waals surface area contributed by atoms with Gasteiger partial charge in [-0.3, -0.25) is 4.79 Å². The fourth-order valence-electron chi connectivity index (χ4n) is 1.55. The molecule has 0 atom stereocenters. The van der Waals surface area contributed by atoms with Crippen LogP contribution in [0, 0.1) is 5.92 Å². The highest BCUT2D eigenvalue weighted by Crippen LogP contribution is 2.32. The molecule has 1 fully saturated rings. The first-order valence-electron chi connectivity index (χ1n) is 4.52. The van der Waals surface area contributed by atoms with E-state index in [0.29, 0.717) is 11.7 Å². The van der Waals surface area contributed by atoms with Crippen LogP contribution in [0.25, 0.3) is 0 Å². The molecule has 1 aliphatic rings. The Morgan fingerprint density at radius 3 is 2.77 bits per heavy atom. The molecule has 1 saturated carbocycles. The predicted molar refractivity (Wildman–Crippen MR) is 58.3 cm³/mol. The average Bonchev–Trinajstić information content (AvgIpc) is 2.43. The molecule has 0 unspecified atom stereocenters. The second-order valence-corrected chi connectivity index (χ2v) is 5.16. The molecule has 0 aromatic carbocycles. The van der Waals surface area contributed by atoms with E-state index in [-0.39, 0.29) is 0 Å². The van der Waals surface area contributed by atoms with Crippen LogP contribution in [0.1, 0.15) is 36.0 Å². The lowest BCUT2D eigenvalue weighted by atomic mass is 9.81. The fraction of sp³-hybridized carbons (Fsp3) is 0.500. The number of hydrogen-bond donors (Lipinski definition) is 0. The van der Waals surface area contributed by atoms with Gasteiger partial charge in [0.15, 0.2) is 5.78 Å². The summed E-state index contributed by atoms with van der Waals surface area (Å²) in [5.74, 6) is 0.970. The third-order valence-corrected chi connectivity index (χ3v) is 4.32. The smallest absolute Gasteiger partial charge is 0.165 e. The van der Waals surface area contributed by atoms with Gasteiger partial charge in [0.05, 0.1) is 0 Å². The molecule has 1 aromatic heterocycles. The van der Waals surface area contributed by atoms with Gasteiger partial charge in [-0.1, -0.05) is 19.3 Å². The lowest BCUT2D eigenvalue weighted by Crippen LogP contribution is -2.15. The van der Waals surface area contributed by atoms with Crippen LogP contribution >= 0.6 is 27.3 Å². The number of hydrogen-bond acceptors (Lipinski definition) is 2. The molecule has 0 saturated heterocycles. The molecule has 1 aliphatic carbocycles. The van der Waals surface area contributed by atoms with E-state index in [9.17, 15) is 4.79 Å². The van der Waals surface area contributed by atoms with Crippen molar-refractivity contribution in [3.8, 4) is 0 Å². The summed E-state index contributed by atoms with van der Waals surface area (Å²) in [7, 11) is 0. The highest BCUT2D eigenvalue weighted by atomic mass is 79.9. The molecule has 70 valence electrons. The van der Waals surface area contributed by atoms with Crippen LogP contribution in [-0.2, 0) is 0 Å². The maximum absolute atomic E-state index is 11.7. The molecule has 0 bridgehead atoms. The van der Waals surface area contributed by atoms with Crippen molar-refractivity contribution in [3.05, 3.63) is 20.8 Å². The summed E-state index contributed by atoms with van der Waals surface area (Å²) < 4.78 is 0.960. The van der Waals surface area contributed by atoms with E-state index < -0.39 is 0 Å². The first-order valence-corrected chi connectivity index (χ1v) is 6.26. The fourth-order valence-corrected chi connectivity index (χ4v) is 3.07. The largest absolute Gasteiger partial charge is 0.294 e. The van der Waals surface area contributed by atoms with E-state index in [2.05, 4.69) is 15.9 Å². The van der Waals surface area contributed by atoms with E-state index in [4.69, 9.17) is 0 Å². The maximum atomic E-state index is 11.7. The van der Waals surface area contributed by atoms with Crippen molar-refractivity contribution in [2.45, 2.75) is 25.7 Å². The van der Waals surface area contributed by atoms with Crippen LogP contribution in [0.15, 0.2) is 15.2 Å². The monoisotopic (exact) mass is 258 g/mol. The average molecular weight is 259 g/mol. The van der Waals surface area contributed by atoms with E-state index in [1.165, 1.54) is 19.3 Å². The van der Waals surface area contributed by atoms with Crippen molar-refractivity contribution in [3.63, 3.8) is 0 Å². The van der Waals surface area contributed by atoms with Gasteiger partial charge in [0.1, 0.15) is 0 Å². The van der Waals surface area contributed by atoms with Crippen molar-refractivity contribution in [2.24, 2.45) is 5.92 Å². The summed E-state index contributed by atoms with van der Waals surface area (Å²) in [6.45, 7) is 0. The third-order valence-electron chi connectivity index (χ3n) is 2.61. The van der Waals surface area contributed by atoms with Gasteiger partial charge in [-0.15, -0.1) is 0 Å². The minimum atomic E-state index is 0.304. The summed E-state index contributed by atoms with van der Waals surface area (Å²) in [6, 6.07) is 0. The normalized spacial score (nSPS) is 17.0. The van der Waals surface area contributed by atoms with Gasteiger partial charge in [-0.25, -0.2) is 0 Å². The lowest BCUT2D eigenvalue weighted by molar-refractivity contribution is 0.0936. The van der Waals surface area contributed by atoms with Crippen molar-refractivity contribution < 1.29 is 4.79 Å². The number of halogens is 1. The number of Topliss-reactive ketones (excluding diaryl/α,β-unsaturated/α-hetero) is 1. The molecule has 1 aromatic rings. The molecular weight excluding hydrogens is 248 g/mol. The summed E-state index contributed by atoms with van der Waals surface area (Å²) in [6.07, 6.45) is 4.54. The number of thiophene rings is 1. The summed E-state index contributed by atoms with van der Waals surface area (Å²) in [4.78, 5) is 11.7. The van der Waals surface area contributed by atoms with Gasteiger partial charge in [0, 0.05) is 27.2 Å². The topological polar surface area (TPSA) is 17.1 Å². The van der Waals surface area contributed by atoms with Gasteiger partial charge in [-0.05, 0) is 21.8 Å². The zero-order chi connectivity index (χ0) is 9.26. The molecular formula is C10H11BrOS. The second kappa shape index (κ2) is 3.93. The molecule has 0 radical (unpaired) electrons. The van der Waals surface area contributed by atoms with Crippen LogP contribution in [0.4, 0.5) is 0 Å². The van der Waals surface area contributed by atoms with E-state index in [1.54, 1.807) is 11.3 Å².